The predicted molar refractivity (Wildman–Crippen MR) is 66.0 cm³/mol. The lowest BCUT2D eigenvalue weighted by Crippen LogP contribution is -1.80. The van der Waals surface area contributed by atoms with Crippen LogP contribution >= 0.6 is 15.9 Å². The van der Waals surface area contributed by atoms with Crippen molar-refractivity contribution in [2.75, 3.05) is 0 Å². The summed E-state index contributed by atoms with van der Waals surface area (Å²) in [5.74, 6) is 0.326. The summed E-state index contributed by atoms with van der Waals surface area (Å²) in [5.41, 5.74) is 2.10. The molecule has 0 amide bonds. The van der Waals surface area contributed by atoms with Gasteiger partial charge in [0.15, 0.2) is 5.82 Å². The van der Waals surface area contributed by atoms with Crippen LogP contribution in [0.4, 0.5) is 4.39 Å². The van der Waals surface area contributed by atoms with Gasteiger partial charge in [-0.2, -0.15) is 0 Å². The van der Waals surface area contributed by atoms with Crippen LogP contribution in [0.25, 0.3) is 22.6 Å². The number of hydrogen-bond donors (Lipinski definition) is 1. The van der Waals surface area contributed by atoms with E-state index in [1.165, 1.54) is 6.07 Å². The molecule has 4 nitrogen and oxygen atoms in total. The van der Waals surface area contributed by atoms with E-state index in [0.29, 0.717) is 21.3 Å². The molecule has 0 aliphatic heterocycles. The summed E-state index contributed by atoms with van der Waals surface area (Å²) < 4.78 is 15.6. The Labute approximate surface area is 105 Å². The molecule has 2 aromatic heterocycles. The highest BCUT2D eigenvalue weighted by molar-refractivity contribution is 9.10. The van der Waals surface area contributed by atoms with Gasteiger partial charge in [-0.1, -0.05) is 0 Å². The van der Waals surface area contributed by atoms with Crippen molar-refractivity contribution in [3.8, 4) is 11.5 Å². The normalized spacial score (nSPS) is 11.2. The van der Waals surface area contributed by atoms with Crippen LogP contribution in [0.5, 0.6) is 0 Å². The molecule has 6 heteroatoms. The number of imidazole rings is 2. The number of benzene rings is 1. The van der Waals surface area contributed by atoms with Crippen molar-refractivity contribution < 1.29 is 4.39 Å². The Hall–Kier alpha value is -1.69. The second kappa shape index (κ2) is 3.66. The minimum absolute atomic E-state index is 0.311. The van der Waals surface area contributed by atoms with E-state index in [1.54, 1.807) is 12.4 Å². The van der Waals surface area contributed by atoms with Crippen LogP contribution in [0.15, 0.2) is 29.1 Å². The van der Waals surface area contributed by atoms with Crippen molar-refractivity contribution in [2.24, 2.45) is 7.05 Å². The first-order valence-corrected chi connectivity index (χ1v) is 5.76. The van der Waals surface area contributed by atoms with Gasteiger partial charge in [0, 0.05) is 19.3 Å². The largest absolute Gasteiger partial charge is 0.340 e. The van der Waals surface area contributed by atoms with Crippen LogP contribution in [-0.2, 0) is 7.05 Å². The number of rotatable bonds is 1. The molecule has 3 rings (SSSR count). The molecule has 0 radical (unpaired) electrons. The van der Waals surface area contributed by atoms with E-state index >= 15 is 0 Å². The highest BCUT2D eigenvalue weighted by Gasteiger charge is 2.10. The molecule has 1 N–H and O–H groups in total. The fourth-order valence-corrected chi connectivity index (χ4v) is 1.99. The summed E-state index contributed by atoms with van der Waals surface area (Å²) in [5, 5.41) is 0. The average molecular weight is 295 g/mol. The second-order valence-electron chi connectivity index (χ2n) is 3.79. The van der Waals surface area contributed by atoms with Crippen LogP contribution in [0.3, 0.4) is 0 Å². The predicted octanol–water partition coefficient (Wildman–Crippen LogP) is 2.87. The number of hydrogen-bond acceptors (Lipinski definition) is 2. The molecule has 0 atom stereocenters. The van der Waals surface area contributed by atoms with Crippen LogP contribution in [0, 0.1) is 5.82 Å². The number of nitrogens with zero attached hydrogens (tertiary/aromatic N) is 3. The van der Waals surface area contributed by atoms with Crippen LogP contribution in [0.2, 0.25) is 0 Å². The minimum Gasteiger partial charge on any atom is -0.340 e. The van der Waals surface area contributed by atoms with E-state index < -0.39 is 0 Å². The molecule has 0 spiro atoms. The quantitative estimate of drug-likeness (QED) is 0.750. The van der Waals surface area contributed by atoms with Crippen molar-refractivity contribution in [1.29, 1.82) is 0 Å². The summed E-state index contributed by atoms with van der Waals surface area (Å²) in [4.78, 5) is 11.6. The zero-order chi connectivity index (χ0) is 12.0. The second-order valence-corrected chi connectivity index (χ2v) is 4.65. The van der Waals surface area contributed by atoms with Crippen LogP contribution in [0.1, 0.15) is 0 Å². The van der Waals surface area contributed by atoms with Gasteiger partial charge >= 0.3 is 0 Å². The Morgan fingerprint density at radius 2 is 2.24 bits per heavy atom. The minimum atomic E-state index is -0.311. The highest BCUT2D eigenvalue weighted by Crippen LogP contribution is 2.24. The highest BCUT2D eigenvalue weighted by atomic mass is 79.9. The molecule has 0 saturated heterocycles. The van der Waals surface area contributed by atoms with E-state index in [2.05, 4.69) is 30.9 Å². The molecule has 0 unspecified atom stereocenters. The molecule has 2 heterocycles. The fraction of sp³-hybridized carbons (Fsp3) is 0.0909. The van der Waals surface area contributed by atoms with Gasteiger partial charge in [-0.15, -0.1) is 0 Å². The van der Waals surface area contributed by atoms with Gasteiger partial charge in [-0.25, -0.2) is 14.4 Å². The van der Waals surface area contributed by atoms with Gasteiger partial charge in [0.2, 0.25) is 0 Å². The standard InChI is InChI=1S/C11H8BrFN4/c1-17-4-10(14-5-17)11-15-8-2-6(12)7(13)3-9(8)16-11/h2-5H,1H3,(H,15,16). The van der Waals surface area contributed by atoms with E-state index in [4.69, 9.17) is 0 Å². The zero-order valence-corrected chi connectivity index (χ0v) is 10.5. The van der Waals surface area contributed by atoms with Gasteiger partial charge in [-0.3, -0.25) is 0 Å². The summed E-state index contributed by atoms with van der Waals surface area (Å²) in [6, 6.07) is 3.06. The number of aromatic amines is 1. The Bertz CT molecular complexity index is 662. The smallest absolute Gasteiger partial charge is 0.158 e. The molecule has 0 fully saturated rings. The molecule has 86 valence electrons. The van der Waals surface area contributed by atoms with Gasteiger partial charge in [0.05, 0.1) is 21.8 Å². The number of nitrogens with one attached hydrogen (secondary N) is 1. The van der Waals surface area contributed by atoms with Crippen molar-refractivity contribution in [3.05, 3.63) is 34.9 Å². The van der Waals surface area contributed by atoms with E-state index in [-0.39, 0.29) is 5.82 Å². The number of aryl methyl sites for hydroxylation is 1. The van der Waals surface area contributed by atoms with Gasteiger partial charge in [0.25, 0.3) is 0 Å². The Morgan fingerprint density at radius 3 is 2.94 bits per heavy atom. The molecule has 0 saturated carbocycles. The van der Waals surface area contributed by atoms with Gasteiger partial charge in [0.1, 0.15) is 11.5 Å². The maximum absolute atomic E-state index is 13.4. The van der Waals surface area contributed by atoms with Crippen LogP contribution in [-0.4, -0.2) is 19.5 Å². The maximum Gasteiger partial charge on any atom is 0.158 e. The summed E-state index contributed by atoms with van der Waals surface area (Å²) in [6.07, 6.45) is 3.54. The van der Waals surface area contributed by atoms with Crippen molar-refractivity contribution in [3.63, 3.8) is 0 Å². The summed E-state index contributed by atoms with van der Waals surface area (Å²) in [6.45, 7) is 0. The summed E-state index contributed by atoms with van der Waals surface area (Å²) >= 11 is 3.14. The first kappa shape index (κ1) is 10.5. The van der Waals surface area contributed by atoms with Crippen molar-refractivity contribution in [1.82, 2.24) is 19.5 Å². The fourth-order valence-electron chi connectivity index (χ4n) is 1.66. The molecule has 1 aromatic carbocycles. The lowest BCUT2D eigenvalue weighted by Gasteiger charge is -1.92. The average Bonchev–Trinajstić information content (AvgIpc) is 2.85. The first-order valence-electron chi connectivity index (χ1n) is 4.96. The third kappa shape index (κ3) is 1.74. The third-order valence-corrected chi connectivity index (χ3v) is 3.08. The maximum atomic E-state index is 13.4. The topological polar surface area (TPSA) is 46.5 Å². The molecule has 0 bridgehead atoms. The lowest BCUT2D eigenvalue weighted by molar-refractivity contribution is 0.623. The lowest BCUT2D eigenvalue weighted by atomic mass is 10.3. The van der Waals surface area contributed by atoms with E-state index in [9.17, 15) is 4.39 Å². The monoisotopic (exact) mass is 294 g/mol. The first-order chi connectivity index (χ1) is 8.13. The third-order valence-electron chi connectivity index (χ3n) is 2.47. The number of fused-ring (bicyclic) bond motifs is 1. The Balaban J connectivity index is 2.19. The molecule has 0 aliphatic rings. The Morgan fingerprint density at radius 1 is 1.41 bits per heavy atom. The molecular formula is C11H8BrFN4. The van der Waals surface area contributed by atoms with Gasteiger partial charge < -0.3 is 9.55 Å². The van der Waals surface area contributed by atoms with Gasteiger partial charge in [-0.05, 0) is 22.0 Å². The zero-order valence-electron chi connectivity index (χ0n) is 8.91. The van der Waals surface area contributed by atoms with Crippen molar-refractivity contribution in [2.45, 2.75) is 0 Å². The van der Waals surface area contributed by atoms with Crippen LogP contribution < -0.4 is 0 Å². The molecule has 17 heavy (non-hydrogen) atoms. The summed E-state index contributed by atoms with van der Waals surface area (Å²) in [7, 11) is 1.88. The number of H-pyrrole nitrogens is 1. The Kier molecular flexibility index (Phi) is 2.25. The van der Waals surface area contributed by atoms with E-state index in [0.717, 1.165) is 5.69 Å². The molecule has 3 aromatic rings. The molecule has 0 aliphatic carbocycles. The number of aromatic nitrogens is 4. The van der Waals surface area contributed by atoms with Crippen molar-refractivity contribution >= 4 is 27.0 Å². The molecular weight excluding hydrogens is 287 g/mol. The van der Waals surface area contributed by atoms with E-state index in [1.807, 2.05) is 17.8 Å². The SMILES string of the molecule is Cn1cnc(-c2nc3cc(Br)c(F)cc3[nH]2)c1. The number of halogens is 2.